The smallest absolute Gasteiger partial charge is 0.250 e. The molecule has 0 radical (unpaired) electrons. The summed E-state index contributed by atoms with van der Waals surface area (Å²) in [7, 11) is 0. The fourth-order valence-electron chi connectivity index (χ4n) is 2.60. The summed E-state index contributed by atoms with van der Waals surface area (Å²) in [6, 6.07) is 4.88. The summed E-state index contributed by atoms with van der Waals surface area (Å²) in [4.78, 5) is 6.55. The SMILES string of the molecule is CCc1nnc(N2CCc3ccc(F)cc32)nc1CC. The zero-order chi connectivity index (χ0) is 14.1. The van der Waals surface area contributed by atoms with Crippen LogP contribution in [-0.4, -0.2) is 21.7 Å². The summed E-state index contributed by atoms with van der Waals surface area (Å²) in [5.74, 6) is 0.341. The molecule has 1 aromatic carbocycles. The van der Waals surface area contributed by atoms with E-state index >= 15 is 0 Å². The summed E-state index contributed by atoms with van der Waals surface area (Å²) in [6.45, 7) is 4.88. The molecule has 0 fully saturated rings. The highest BCUT2D eigenvalue weighted by Gasteiger charge is 2.23. The standard InChI is InChI=1S/C15H17FN4/c1-3-12-13(4-2)18-19-15(17-12)20-8-7-10-5-6-11(16)9-14(10)20/h5-6,9H,3-4,7-8H2,1-2H3. The van der Waals surface area contributed by atoms with Gasteiger partial charge < -0.3 is 4.90 Å². The fourth-order valence-corrected chi connectivity index (χ4v) is 2.60. The molecule has 3 rings (SSSR count). The first-order valence-electron chi connectivity index (χ1n) is 7.01. The Kier molecular flexibility index (Phi) is 3.34. The van der Waals surface area contributed by atoms with E-state index in [9.17, 15) is 4.39 Å². The average molecular weight is 272 g/mol. The molecule has 5 heteroatoms. The zero-order valence-corrected chi connectivity index (χ0v) is 11.7. The maximum Gasteiger partial charge on any atom is 0.250 e. The summed E-state index contributed by atoms with van der Waals surface area (Å²) < 4.78 is 13.4. The lowest BCUT2D eigenvalue weighted by Crippen LogP contribution is -2.19. The molecular formula is C15H17FN4. The first-order chi connectivity index (χ1) is 9.72. The van der Waals surface area contributed by atoms with Gasteiger partial charge in [-0.05, 0) is 37.0 Å². The van der Waals surface area contributed by atoms with Crippen molar-refractivity contribution in [1.29, 1.82) is 0 Å². The number of rotatable bonds is 3. The molecular weight excluding hydrogens is 255 g/mol. The van der Waals surface area contributed by atoms with Gasteiger partial charge in [-0.3, -0.25) is 0 Å². The fraction of sp³-hybridized carbons (Fsp3) is 0.400. The molecule has 0 amide bonds. The van der Waals surface area contributed by atoms with Gasteiger partial charge in [-0.25, -0.2) is 9.37 Å². The molecule has 0 aliphatic carbocycles. The second-order valence-corrected chi connectivity index (χ2v) is 4.89. The van der Waals surface area contributed by atoms with E-state index in [0.29, 0.717) is 5.95 Å². The van der Waals surface area contributed by atoms with Crippen molar-refractivity contribution < 1.29 is 4.39 Å². The molecule has 0 atom stereocenters. The monoisotopic (exact) mass is 272 g/mol. The minimum atomic E-state index is -0.232. The van der Waals surface area contributed by atoms with Gasteiger partial charge in [0, 0.05) is 6.54 Å². The van der Waals surface area contributed by atoms with Gasteiger partial charge in [-0.15, -0.1) is 10.2 Å². The van der Waals surface area contributed by atoms with Crippen molar-refractivity contribution in [3.8, 4) is 0 Å². The molecule has 2 aromatic rings. The molecule has 2 heterocycles. The van der Waals surface area contributed by atoms with Crippen molar-refractivity contribution in [1.82, 2.24) is 15.2 Å². The summed E-state index contributed by atoms with van der Waals surface area (Å²) in [5, 5.41) is 8.47. The van der Waals surface area contributed by atoms with Crippen LogP contribution in [-0.2, 0) is 19.3 Å². The van der Waals surface area contributed by atoms with E-state index in [1.54, 1.807) is 6.07 Å². The van der Waals surface area contributed by atoms with Crippen molar-refractivity contribution in [2.75, 3.05) is 11.4 Å². The number of fused-ring (bicyclic) bond motifs is 1. The Morgan fingerprint density at radius 3 is 2.70 bits per heavy atom. The van der Waals surface area contributed by atoms with Gasteiger partial charge in [0.25, 0.3) is 0 Å². The lowest BCUT2D eigenvalue weighted by molar-refractivity contribution is 0.627. The van der Waals surface area contributed by atoms with E-state index < -0.39 is 0 Å². The Labute approximate surface area is 117 Å². The largest absolute Gasteiger partial charge is 0.309 e. The Hall–Kier alpha value is -2.04. The van der Waals surface area contributed by atoms with Crippen molar-refractivity contribution in [3.05, 3.63) is 41.0 Å². The first kappa shape index (κ1) is 13.0. The molecule has 0 bridgehead atoms. The quantitative estimate of drug-likeness (QED) is 0.861. The van der Waals surface area contributed by atoms with Gasteiger partial charge in [0.1, 0.15) is 5.82 Å². The predicted octanol–water partition coefficient (Wildman–Crippen LogP) is 2.83. The number of nitrogens with zero attached hydrogens (tertiary/aromatic N) is 4. The molecule has 0 spiro atoms. The van der Waals surface area contributed by atoms with E-state index in [4.69, 9.17) is 0 Å². The summed E-state index contributed by atoms with van der Waals surface area (Å²) >= 11 is 0. The Morgan fingerprint density at radius 1 is 1.15 bits per heavy atom. The van der Waals surface area contributed by atoms with Crippen LogP contribution in [0.3, 0.4) is 0 Å². The van der Waals surface area contributed by atoms with Crippen LogP contribution >= 0.6 is 0 Å². The van der Waals surface area contributed by atoms with Crippen LogP contribution in [0.25, 0.3) is 0 Å². The maximum atomic E-state index is 13.4. The highest BCUT2D eigenvalue weighted by atomic mass is 19.1. The number of hydrogen-bond acceptors (Lipinski definition) is 4. The van der Waals surface area contributed by atoms with E-state index in [0.717, 1.165) is 48.4 Å². The van der Waals surface area contributed by atoms with Crippen LogP contribution < -0.4 is 4.90 Å². The summed E-state index contributed by atoms with van der Waals surface area (Å²) in [6.07, 6.45) is 2.54. The molecule has 0 unspecified atom stereocenters. The predicted molar refractivity (Wildman–Crippen MR) is 75.7 cm³/mol. The normalized spacial score (nSPS) is 13.7. The first-order valence-corrected chi connectivity index (χ1v) is 7.01. The highest BCUT2D eigenvalue weighted by Crippen LogP contribution is 2.33. The van der Waals surface area contributed by atoms with Crippen molar-refractivity contribution >= 4 is 11.6 Å². The number of halogens is 1. The second-order valence-electron chi connectivity index (χ2n) is 4.89. The number of hydrogen-bond donors (Lipinski definition) is 0. The summed E-state index contributed by atoms with van der Waals surface area (Å²) in [5.41, 5.74) is 3.91. The third-order valence-corrected chi connectivity index (χ3v) is 3.68. The van der Waals surface area contributed by atoms with Crippen molar-refractivity contribution in [2.45, 2.75) is 33.1 Å². The minimum Gasteiger partial charge on any atom is -0.309 e. The molecule has 0 saturated heterocycles. The van der Waals surface area contributed by atoms with Crippen LogP contribution in [0.2, 0.25) is 0 Å². The van der Waals surface area contributed by atoms with Crippen LogP contribution in [0.4, 0.5) is 16.0 Å². The zero-order valence-electron chi connectivity index (χ0n) is 11.7. The number of anilines is 2. The van der Waals surface area contributed by atoms with Crippen LogP contribution in [0.15, 0.2) is 18.2 Å². The molecule has 1 aliphatic heterocycles. The van der Waals surface area contributed by atoms with Gasteiger partial charge >= 0.3 is 0 Å². The lowest BCUT2D eigenvalue weighted by atomic mass is 10.2. The topological polar surface area (TPSA) is 41.9 Å². The molecule has 0 N–H and O–H groups in total. The molecule has 1 aromatic heterocycles. The van der Waals surface area contributed by atoms with Crippen LogP contribution in [0, 0.1) is 5.82 Å². The third-order valence-electron chi connectivity index (χ3n) is 3.68. The number of aromatic nitrogens is 3. The van der Waals surface area contributed by atoms with E-state index in [-0.39, 0.29) is 5.82 Å². The van der Waals surface area contributed by atoms with Gasteiger partial charge in [0.05, 0.1) is 17.1 Å². The molecule has 1 aliphatic rings. The second kappa shape index (κ2) is 5.15. The Morgan fingerprint density at radius 2 is 1.95 bits per heavy atom. The van der Waals surface area contributed by atoms with Gasteiger partial charge in [0.2, 0.25) is 5.95 Å². The number of aryl methyl sites for hydroxylation is 2. The van der Waals surface area contributed by atoms with Gasteiger partial charge in [-0.2, -0.15) is 0 Å². The molecule has 4 nitrogen and oxygen atoms in total. The minimum absolute atomic E-state index is 0.232. The van der Waals surface area contributed by atoms with Crippen molar-refractivity contribution in [2.24, 2.45) is 0 Å². The van der Waals surface area contributed by atoms with Crippen molar-refractivity contribution in [3.63, 3.8) is 0 Å². The van der Waals surface area contributed by atoms with E-state index in [1.807, 2.05) is 17.9 Å². The highest BCUT2D eigenvalue weighted by molar-refractivity contribution is 5.65. The van der Waals surface area contributed by atoms with Gasteiger partial charge in [-0.1, -0.05) is 19.9 Å². The lowest BCUT2D eigenvalue weighted by Gasteiger charge is -2.17. The number of benzene rings is 1. The maximum absolute atomic E-state index is 13.4. The van der Waals surface area contributed by atoms with Gasteiger partial charge in [0.15, 0.2) is 0 Å². The Balaban J connectivity index is 2.02. The van der Waals surface area contributed by atoms with Crippen LogP contribution in [0.5, 0.6) is 0 Å². The molecule has 20 heavy (non-hydrogen) atoms. The third kappa shape index (κ3) is 2.13. The van der Waals surface area contributed by atoms with Crippen LogP contribution in [0.1, 0.15) is 30.8 Å². The average Bonchev–Trinajstić information content (AvgIpc) is 2.89. The molecule has 104 valence electrons. The molecule has 0 saturated carbocycles. The van der Waals surface area contributed by atoms with E-state index in [1.165, 1.54) is 6.07 Å². The van der Waals surface area contributed by atoms with E-state index in [2.05, 4.69) is 22.1 Å². The Bertz CT molecular complexity index is 642.